The van der Waals surface area contributed by atoms with Crippen LogP contribution in [0.3, 0.4) is 0 Å². The van der Waals surface area contributed by atoms with E-state index in [0.29, 0.717) is 41.8 Å². The Bertz CT molecular complexity index is 910. The van der Waals surface area contributed by atoms with Crippen LogP contribution in [0.4, 0.5) is 24.8 Å². The molecule has 0 aliphatic carbocycles. The van der Waals surface area contributed by atoms with Crippen molar-refractivity contribution in [2.75, 3.05) is 18.5 Å². The van der Waals surface area contributed by atoms with Gasteiger partial charge in [-0.25, -0.2) is 9.97 Å². The lowest BCUT2D eigenvalue weighted by atomic mass is 10.2. The first-order chi connectivity index (χ1) is 13.2. The number of halogens is 3. The van der Waals surface area contributed by atoms with Crippen molar-refractivity contribution in [1.82, 2.24) is 15.3 Å². The zero-order chi connectivity index (χ0) is 20.3. The number of hydrogen-bond acceptors (Lipinski definition) is 6. The highest BCUT2D eigenvalue weighted by atomic mass is 19.4. The summed E-state index contributed by atoms with van der Waals surface area (Å²) < 4.78 is 48.9. The van der Waals surface area contributed by atoms with Gasteiger partial charge in [0.15, 0.2) is 11.5 Å². The molecule has 2 N–H and O–H groups in total. The maximum absolute atomic E-state index is 12.7. The topological polar surface area (TPSA) is 97.7 Å². The molecule has 0 spiro atoms. The van der Waals surface area contributed by atoms with Crippen LogP contribution in [-0.4, -0.2) is 41.2 Å². The predicted molar refractivity (Wildman–Crippen MR) is 93.9 cm³/mol. The fourth-order valence-electron chi connectivity index (χ4n) is 2.38. The van der Waals surface area contributed by atoms with Crippen molar-refractivity contribution < 1.29 is 27.4 Å². The zero-order valence-corrected chi connectivity index (χ0v) is 14.9. The molecule has 0 fully saturated rings. The Hall–Kier alpha value is -3.37. The third-order valence-corrected chi connectivity index (χ3v) is 3.48. The van der Waals surface area contributed by atoms with E-state index in [4.69, 9.17) is 9.47 Å². The standard InChI is InChI=1S/C17H16F3N5O3/c1-9-7-10(2)22-15(21-9)25-16(24-14(26)17(18,19)20)23-11-3-4-12-13(8-11)28-6-5-27-12/h3-4,7-8H,5-6H2,1-2H3,(H2,21,22,23,24,25,26). The van der Waals surface area contributed by atoms with Gasteiger partial charge >= 0.3 is 12.1 Å². The van der Waals surface area contributed by atoms with Crippen LogP contribution in [0.1, 0.15) is 11.4 Å². The van der Waals surface area contributed by atoms with Crippen LogP contribution in [0.15, 0.2) is 29.3 Å². The summed E-state index contributed by atoms with van der Waals surface area (Å²) in [6, 6.07) is 6.34. The predicted octanol–water partition coefficient (Wildman–Crippen LogP) is 2.64. The number of aromatic nitrogens is 2. The Labute approximate surface area is 157 Å². The quantitative estimate of drug-likeness (QED) is 0.599. The number of rotatable bonds is 2. The average molecular weight is 395 g/mol. The lowest BCUT2D eigenvalue weighted by molar-refractivity contribution is -0.171. The number of benzene rings is 1. The van der Waals surface area contributed by atoms with Gasteiger partial charge in [0, 0.05) is 23.1 Å². The summed E-state index contributed by atoms with van der Waals surface area (Å²) in [6.45, 7) is 4.13. The fourth-order valence-corrected chi connectivity index (χ4v) is 2.38. The van der Waals surface area contributed by atoms with Gasteiger partial charge in [-0.05, 0) is 32.0 Å². The van der Waals surface area contributed by atoms with Crippen LogP contribution < -0.4 is 20.1 Å². The highest BCUT2D eigenvalue weighted by Crippen LogP contribution is 2.32. The molecule has 1 aromatic heterocycles. The number of carbonyl (C=O) groups excluding carboxylic acids is 1. The van der Waals surface area contributed by atoms with E-state index in [1.165, 1.54) is 6.07 Å². The van der Waals surface area contributed by atoms with Crippen LogP contribution in [0.25, 0.3) is 0 Å². The van der Waals surface area contributed by atoms with Gasteiger partial charge in [0.25, 0.3) is 5.95 Å². The van der Waals surface area contributed by atoms with E-state index >= 15 is 0 Å². The van der Waals surface area contributed by atoms with E-state index in [-0.39, 0.29) is 5.95 Å². The molecule has 1 aromatic carbocycles. The van der Waals surface area contributed by atoms with E-state index in [0.717, 1.165) is 0 Å². The van der Waals surface area contributed by atoms with Gasteiger partial charge < -0.3 is 14.8 Å². The first-order valence-corrected chi connectivity index (χ1v) is 8.16. The largest absolute Gasteiger partial charge is 0.486 e. The molecule has 0 unspecified atom stereocenters. The molecule has 0 bridgehead atoms. The van der Waals surface area contributed by atoms with E-state index < -0.39 is 18.0 Å². The van der Waals surface area contributed by atoms with Gasteiger partial charge in [0.1, 0.15) is 13.2 Å². The smallest absolute Gasteiger partial charge is 0.471 e. The summed E-state index contributed by atoms with van der Waals surface area (Å²) in [7, 11) is 0. The Morgan fingerprint density at radius 3 is 2.36 bits per heavy atom. The molecular formula is C17H16F3N5O3. The number of aliphatic imine (C=N–C) groups is 1. The third-order valence-electron chi connectivity index (χ3n) is 3.48. The highest BCUT2D eigenvalue weighted by molar-refractivity contribution is 6.06. The number of ether oxygens (including phenoxy) is 2. The monoisotopic (exact) mass is 395 g/mol. The molecule has 148 valence electrons. The van der Waals surface area contributed by atoms with Crippen molar-refractivity contribution in [3.63, 3.8) is 0 Å². The minimum Gasteiger partial charge on any atom is -0.486 e. The number of nitrogens with one attached hydrogen (secondary N) is 2. The molecule has 0 saturated heterocycles. The molecule has 1 aliphatic heterocycles. The SMILES string of the molecule is Cc1cc(C)nc(/N=C(/NC(=O)C(F)(F)F)Nc2ccc3c(c2)OCCO3)n1. The molecule has 2 aromatic rings. The van der Waals surface area contributed by atoms with Gasteiger partial charge in [-0.15, -0.1) is 0 Å². The molecule has 1 aliphatic rings. The van der Waals surface area contributed by atoms with E-state index in [1.807, 2.05) is 0 Å². The van der Waals surface area contributed by atoms with Crippen LogP contribution in [0, 0.1) is 13.8 Å². The lowest BCUT2D eigenvalue weighted by Gasteiger charge is -2.19. The van der Waals surface area contributed by atoms with Crippen molar-refractivity contribution >= 4 is 23.5 Å². The Morgan fingerprint density at radius 2 is 1.71 bits per heavy atom. The molecule has 8 nitrogen and oxygen atoms in total. The first kappa shape index (κ1) is 19.4. The van der Waals surface area contributed by atoms with Crippen LogP contribution >= 0.6 is 0 Å². The van der Waals surface area contributed by atoms with Crippen LogP contribution in [0.5, 0.6) is 11.5 Å². The average Bonchev–Trinajstić information content (AvgIpc) is 2.60. The number of anilines is 1. The second kappa shape index (κ2) is 7.71. The molecule has 2 heterocycles. The maximum atomic E-state index is 12.7. The summed E-state index contributed by atoms with van der Waals surface area (Å²) in [5.74, 6) is -1.84. The first-order valence-electron chi connectivity index (χ1n) is 8.16. The van der Waals surface area contributed by atoms with Gasteiger partial charge in [-0.1, -0.05) is 0 Å². The molecule has 0 radical (unpaired) electrons. The second-order valence-electron chi connectivity index (χ2n) is 5.85. The number of hydrogen-bond donors (Lipinski definition) is 2. The molecule has 11 heteroatoms. The van der Waals surface area contributed by atoms with Crippen molar-refractivity contribution in [3.05, 3.63) is 35.7 Å². The van der Waals surface area contributed by atoms with Crippen LogP contribution in [0.2, 0.25) is 0 Å². The molecule has 1 amide bonds. The van der Waals surface area contributed by atoms with Crippen molar-refractivity contribution in [2.45, 2.75) is 20.0 Å². The number of alkyl halides is 3. The van der Waals surface area contributed by atoms with Crippen molar-refractivity contribution in [1.29, 1.82) is 0 Å². The highest BCUT2D eigenvalue weighted by Gasteiger charge is 2.39. The van der Waals surface area contributed by atoms with Gasteiger partial charge in [0.2, 0.25) is 5.96 Å². The lowest BCUT2D eigenvalue weighted by Crippen LogP contribution is -2.43. The minimum absolute atomic E-state index is 0.0972. The van der Waals surface area contributed by atoms with E-state index in [9.17, 15) is 18.0 Å². The summed E-state index contributed by atoms with van der Waals surface area (Å²) >= 11 is 0. The molecule has 28 heavy (non-hydrogen) atoms. The van der Waals surface area contributed by atoms with Gasteiger partial charge in [-0.3, -0.25) is 10.1 Å². The number of aryl methyl sites for hydroxylation is 2. The minimum atomic E-state index is -5.08. The Kier molecular flexibility index (Phi) is 5.34. The maximum Gasteiger partial charge on any atom is 0.471 e. The fraction of sp³-hybridized carbons (Fsp3) is 0.294. The normalized spacial score (nSPS) is 13.8. The number of amides is 1. The molecular weight excluding hydrogens is 379 g/mol. The van der Waals surface area contributed by atoms with Gasteiger partial charge in [-0.2, -0.15) is 18.2 Å². The number of nitrogens with zero attached hydrogens (tertiary/aromatic N) is 3. The summed E-state index contributed by atoms with van der Waals surface area (Å²) in [5, 5.41) is 4.32. The summed E-state index contributed by atoms with van der Waals surface area (Å²) in [5.41, 5.74) is 1.48. The second-order valence-corrected chi connectivity index (χ2v) is 5.85. The Morgan fingerprint density at radius 1 is 1.07 bits per heavy atom. The molecule has 0 atom stereocenters. The number of fused-ring (bicyclic) bond motifs is 1. The zero-order valence-electron chi connectivity index (χ0n) is 14.9. The number of guanidine groups is 1. The molecule has 3 rings (SSSR count). The van der Waals surface area contributed by atoms with Gasteiger partial charge in [0.05, 0.1) is 0 Å². The van der Waals surface area contributed by atoms with Crippen LogP contribution in [-0.2, 0) is 4.79 Å². The summed E-state index contributed by atoms with van der Waals surface area (Å²) in [6.07, 6.45) is -5.08. The Balaban J connectivity index is 1.91. The van der Waals surface area contributed by atoms with E-state index in [1.54, 1.807) is 37.4 Å². The van der Waals surface area contributed by atoms with Crippen molar-refractivity contribution in [3.8, 4) is 11.5 Å². The third kappa shape index (κ3) is 4.87. The number of carbonyl (C=O) groups is 1. The van der Waals surface area contributed by atoms with E-state index in [2.05, 4.69) is 20.3 Å². The molecule has 0 saturated carbocycles. The summed E-state index contributed by atoms with van der Waals surface area (Å²) in [4.78, 5) is 23.4. The van der Waals surface area contributed by atoms with Crippen molar-refractivity contribution in [2.24, 2.45) is 4.99 Å².